The zero-order valence-electron chi connectivity index (χ0n) is 16.3. The molecule has 0 unspecified atom stereocenters. The molecule has 0 bridgehead atoms. The molecule has 2 amide bonds. The van der Waals surface area contributed by atoms with E-state index in [-0.39, 0.29) is 18.6 Å². The van der Waals surface area contributed by atoms with Gasteiger partial charge < -0.3 is 15.0 Å². The molecule has 148 valence electrons. The van der Waals surface area contributed by atoms with E-state index in [1.807, 2.05) is 91.0 Å². The van der Waals surface area contributed by atoms with E-state index in [9.17, 15) is 9.59 Å². The highest BCUT2D eigenvalue weighted by molar-refractivity contribution is 5.81. The first-order chi connectivity index (χ1) is 14.2. The van der Waals surface area contributed by atoms with E-state index in [2.05, 4.69) is 5.32 Å². The van der Waals surface area contributed by atoms with Gasteiger partial charge in [-0.2, -0.15) is 0 Å². The van der Waals surface area contributed by atoms with Crippen LogP contribution in [0.3, 0.4) is 0 Å². The number of rotatable bonds is 7. The van der Waals surface area contributed by atoms with Gasteiger partial charge in [-0.05, 0) is 16.7 Å². The van der Waals surface area contributed by atoms with Gasteiger partial charge in [-0.1, -0.05) is 91.0 Å². The van der Waals surface area contributed by atoms with Gasteiger partial charge in [0.2, 0.25) is 0 Å². The van der Waals surface area contributed by atoms with Crippen LogP contribution in [0.1, 0.15) is 22.7 Å². The SMILES string of the molecule is COC(=O)CN(Cc1ccccc1)C(=O)NC(c1ccccc1)c1ccccc1. The molecule has 0 radical (unpaired) electrons. The van der Waals surface area contributed by atoms with Crippen molar-refractivity contribution < 1.29 is 14.3 Å². The van der Waals surface area contributed by atoms with Crippen LogP contribution in [0.15, 0.2) is 91.0 Å². The fraction of sp³-hybridized carbons (Fsp3) is 0.167. The van der Waals surface area contributed by atoms with Gasteiger partial charge in [-0.25, -0.2) is 4.79 Å². The predicted molar refractivity (Wildman–Crippen MR) is 112 cm³/mol. The van der Waals surface area contributed by atoms with Crippen molar-refractivity contribution in [2.45, 2.75) is 12.6 Å². The number of hydrogen-bond donors (Lipinski definition) is 1. The molecule has 0 spiro atoms. The second-order valence-corrected chi connectivity index (χ2v) is 6.62. The summed E-state index contributed by atoms with van der Waals surface area (Å²) in [5, 5.41) is 3.08. The number of benzene rings is 3. The molecule has 0 aliphatic heterocycles. The van der Waals surface area contributed by atoms with Crippen LogP contribution in [-0.4, -0.2) is 30.6 Å². The first-order valence-corrected chi connectivity index (χ1v) is 9.43. The fourth-order valence-electron chi connectivity index (χ4n) is 3.09. The molecule has 29 heavy (non-hydrogen) atoms. The lowest BCUT2D eigenvalue weighted by Gasteiger charge is -2.26. The molecule has 0 saturated carbocycles. The number of hydrogen-bond acceptors (Lipinski definition) is 3. The fourth-order valence-corrected chi connectivity index (χ4v) is 3.09. The summed E-state index contributed by atoms with van der Waals surface area (Å²) in [4.78, 5) is 26.5. The molecule has 0 fully saturated rings. The summed E-state index contributed by atoms with van der Waals surface area (Å²) < 4.78 is 4.78. The average molecular weight is 388 g/mol. The highest BCUT2D eigenvalue weighted by Gasteiger charge is 2.23. The largest absolute Gasteiger partial charge is 0.468 e. The molecule has 5 heteroatoms. The Morgan fingerprint density at radius 1 is 0.828 bits per heavy atom. The quantitative estimate of drug-likeness (QED) is 0.618. The van der Waals surface area contributed by atoms with E-state index in [1.165, 1.54) is 12.0 Å². The Kier molecular flexibility index (Phi) is 7.00. The normalized spacial score (nSPS) is 10.4. The van der Waals surface area contributed by atoms with Crippen molar-refractivity contribution in [1.29, 1.82) is 0 Å². The van der Waals surface area contributed by atoms with E-state index >= 15 is 0 Å². The smallest absolute Gasteiger partial charge is 0.325 e. The van der Waals surface area contributed by atoms with Crippen molar-refractivity contribution in [2.24, 2.45) is 0 Å². The van der Waals surface area contributed by atoms with E-state index in [4.69, 9.17) is 4.74 Å². The summed E-state index contributed by atoms with van der Waals surface area (Å²) in [7, 11) is 1.32. The van der Waals surface area contributed by atoms with Crippen molar-refractivity contribution >= 4 is 12.0 Å². The summed E-state index contributed by atoms with van der Waals surface area (Å²) >= 11 is 0. The van der Waals surface area contributed by atoms with Crippen LogP contribution in [0.2, 0.25) is 0 Å². The van der Waals surface area contributed by atoms with Gasteiger partial charge in [0.05, 0.1) is 13.2 Å². The maximum atomic E-state index is 13.2. The van der Waals surface area contributed by atoms with Gasteiger partial charge in [0.25, 0.3) is 0 Å². The lowest BCUT2D eigenvalue weighted by atomic mass is 9.99. The highest BCUT2D eigenvalue weighted by Crippen LogP contribution is 2.22. The van der Waals surface area contributed by atoms with Crippen LogP contribution in [0.4, 0.5) is 4.79 Å². The van der Waals surface area contributed by atoms with Gasteiger partial charge in [-0.3, -0.25) is 4.79 Å². The lowest BCUT2D eigenvalue weighted by Crippen LogP contribution is -2.44. The van der Waals surface area contributed by atoms with E-state index < -0.39 is 5.97 Å². The molecule has 0 saturated heterocycles. The Labute approximate surface area is 170 Å². The minimum atomic E-state index is -0.466. The van der Waals surface area contributed by atoms with Crippen LogP contribution in [-0.2, 0) is 16.1 Å². The third-order valence-electron chi connectivity index (χ3n) is 4.58. The molecule has 0 aliphatic carbocycles. The molecule has 3 aromatic carbocycles. The van der Waals surface area contributed by atoms with E-state index in [0.717, 1.165) is 16.7 Å². The van der Waals surface area contributed by atoms with Gasteiger partial charge in [0.1, 0.15) is 6.54 Å². The van der Waals surface area contributed by atoms with E-state index in [0.29, 0.717) is 6.54 Å². The summed E-state index contributed by atoms with van der Waals surface area (Å²) in [6.45, 7) is 0.172. The molecule has 0 aromatic heterocycles. The Hall–Kier alpha value is -3.60. The lowest BCUT2D eigenvalue weighted by molar-refractivity contribution is -0.141. The monoisotopic (exact) mass is 388 g/mol. The first-order valence-electron chi connectivity index (χ1n) is 9.43. The topological polar surface area (TPSA) is 58.6 Å². The Morgan fingerprint density at radius 3 is 1.79 bits per heavy atom. The summed E-state index contributed by atoms with van der Waals surface area (Å²) in [5.74, 6) is -0.466. The number of carbonyl (C=O) groups excluding carboxylic acids is 2. The maximum absolute atomic E-state index is 13.2. The Bertz CT molecular complexity index is 875. The molecule has 1 N–H and O–H groups in total. The van der Waals surface area contributed by atoms with Crippen molar-refractivity contribution in [2.75, 3.05) is 13.7 Å². The van der Waals surface area contributed by atoms with Crippen molar-refractivity contribution in [3.63, 3.8) is 0 Å². The maximum Gasteiger partial charge on any atom is 0.325 e. The van der Waals surface area contributed by atoms with Crippen molar-refractivity contribution in [1.82, 2.24) is 10.2 Å². The van der Waals surface area contributed by atoms with Gasteiger partial charge >= 0.3 is 12.0 Å². The molecule has 0 aliphatic rings. The number of carbonyl (C=O) groups is 2. The number of ether oxygens (including phenoxy) is 1. The third-order valence-corrected chi connectivity index (χ3v) is 4.58. The zero-order valence-corrected chi connectivity index (χ0v) is 16.3. The number of urea groups is 1. The van der Waals surface area contributed by atoms with E-state index in [1.54, 1.807) is 0 Å². The highest BCUT2D eigenvalue weighted by atomic mass is 16.5. The van der Waals surface area contributed by atoms with Crippen LogP contribution >= 0.6 is 0 Å². The third kappa shape index (κ3) is 5.69. The molecule has 0 atom stereocenters. The molecule has 3 aromatic rings. The van der Waals surface area contributed by atoms with Crippen molar-refractivity contribution in [3.05, 3.63) is 108 Å². The molecular formula is C24H24N2O3. The summed E-state index contributed by atoms with van der Waals surface area (Å²) in [5.41, 5.74) is 2.86. The average Bonchev–Trinajstić information content (AvgIpc) is 2.78. The number of esters is 1. The van der Waals surface area contributed by atoms with Crippen LogP contribution in [0, 0.1) is 0 Å². The standard InChI is InChI=1S/C24H24N2O3/c1-29-22(27)18-26(17-19-11-5-2-6-12-19)24(28)25-23(20-13-7-3-8-14-20)21-15-9-4-10-16-21/h2-16,23H,17-18H2,1H3,(H,25,28). The zero-order chi connectivity index (χ0) is 20.5. The number of amides is 2. The summed E-state index contributed by atoms with van der Waals surface area (Å²) in [6, 6.07) is 28.4. The number of nitrogens with one attached hydrogen (secondary N) is 1. The van der Waals surface area contributed by atoms with Crippen LogP contribution < -0.4 is 5.32 Å². The van der Waals surface area contributed by atoms with Gasteiger partial charge in [0.15, 0.2) is 0 Å². The minimum Gasteiger partial charge on any atom is -0.468 e. The second-order valence-electron chi connectivity index (χ2n) is 6.62. The molecule has 5 nitrogen and oxygen atoms in total. The second kappa shape index (κ2) is 10.1. The Morgan fingerprint density at radius 2 is 1.31 bits per heavy atom. The minimum absolute atomic E-state index is 0.131. The predicted octanol–water partition coefficient (Wildman–Crippen LogP) is 4.16. The number of methoxy groups -OCH3 is 1. The van der Waals surface area contributed by atoms with Crippen LogP contribution in [0.25, 0.3) is 0 Å². The molecular weight excluding hydrogens is 364 g/mol. The van der Waals surface area contributed by atoms with Gasteiger partial charge in [0, 0.05) is 6.54 Å². The van der Waals surface area contributed by atoms with Crippen LogP contribution in [0.5, 0.6) is 0 Å². The molecule has 3 rings (SSSR count). The Balaban J connectivity index is 1.85. The number of nitrogens with zero attached hydrogens (tertiary/aromatic N) is 1. The van der Waals surface area contributed by atoms with Gasteiger partial charge in [-0.15, -0.1) is 0 Å². The summed E-state index contributed by atoms with van der Waals surface area (Å²) in [6.07, 6.45) is 0. The van der Waals surface area contributed by atoms with Crippen molar-refractivity contribution in [3.8, 4) is 0 Å². The molecule has 0 heterocycles. The first kappa shape index (κ1) is 20.1.